The lowest BCUT2D eigenvalue weighted by atomic mass is 10.1. The number of anilines is 1. The van der Waals surface area contributed by atoms with E-state index >= 15 is 0 Å². The second-order valence-corrected chi connectivity index (χ2v) is 8.17. The van der Waals surface area contributed by atoms with Gasteiger partial charge in [0.05, 0.1) is 5.52 Å². The molecule has 0 spiro atoms. The summed E-state index contributed by atoms with van der Waals surface area (Å²) in [5.74, 6) is -1.11. The van der Waals surface area contributed by atoms with Crippen LogP contribution >= 0.6 is 11.6 Å². The number of nitrogens with one attached hydrogen (secondary N) is 1. The second-order valence-electron chi connectivity index (χ2n) is 7.78. The van der Waals surface area contributed by atoms with Crippen molar-refractivity contribution in [3.05, 3.63) is 53.3 Å². The topological polar surface area (TPSA) is 117 Å². The fourth-order valence-corrected chi connectivity index (χ4v) is 4.52. The van der Waals surface area contributed by atoms with E-state index in [0.717, 1.165) is 6.42 Å². The third kappa shape index (κ3) is 3.50. The van der Waals surface area contributed by atoms with Crippen molar-refractivity contribution in [2.24, 2.45) is 5.92 Å². The van der Waals surface area contributed by atoms with Crippen molar-refractivity contribution in [1.29, 1.82) is 0 Å². The largest absolute Gasteiger partial charge is 0.476 e. The molecule has 2 fully saturated rings. The van der Waals surface area contributed by atoms with E-state index in [2.05, 4.69) is 15.4 Å². The molecule has 0 radical (unpaired) electrons. The van der Waals surface area contributed by atoms with Crippen molar-refractivity contribution in [3.8, 4) is 0 Å². The highest BCUT2D eigenvalue weighted by Crippen LogP contribution is 2.48. The molecule has 5 rings (SSSR count). The summed E-state index contributed by atoms with van der Waals surface area (Å²) in [6.45, 7) is -0.143. The Balaban J connectivity index is 1.38. The number of carboxylic acid groups (broad SMARTS) is 1. The molecular weight excluding hydrogens is 422 g/mol. The van der Waals surface area contributed by atoms with E-state index in [1.165, 1.54) is 4.68 Å². The third-order valence-corrected chi connectivity index (χ3v) is 6.02. The number of para-hydroxylation sites is 1. The Morgan fingerprint density at radius 3 is 2.71 bits per heavy atom. The quantitative estimate of drug-likeness (QED) is 0.589. The standard InChI is InChI=1S/C21H18ClN5O4/c22-16-6-3-7-17(23-16)24-20(29)15-9-11-8-14(11)27(15)18(28)10-26-13-5-2-1-4-12(13)19(25-26)21(30)31/h1-7,11,14-15H,8-10H2,(H,30,31)(H,23,24,29)/t11-,14-,15+/m1/s1. The van der Waals surface area contributed by atoms with Gasteiger partial charge in [-0.05, 0) is 37.0 Å². The number of hydrogen-bond acceptors (Lipinski definition) is 5. The molecule has 3 atom stereocenters. The van der Waals surface area contributed by atoms with Gasteiger partial charge >= 0.3 is 5.97 Å². The van der Waals surface area contributed by atoms with Crippen LogP contribution in [-0.2, 0) is 16.1 Å². The first-order valence-corrected chi connectivity index (χ1v) is 10.2. The number of halogens is 1. The Hall–Kier alpha value is -3.46. The molecule has 2 aliphatic rings. The summed E-state index contributed by atoms with van der Waals surface area (Å²) < 4.78 is 1.39. The highest BCUT2D eigenvalue weighted by atomic mass is 35.5. The Labute approximate surface area is 181 Å². The molecule has 3 aromatic rings. The van der Waals surface area contributed by atoms with Gasteiger partial charge in [-0.15, -0.1) is 0 Å². The summed E-state index contributed by atoms with van der Waals surface area (Å²) in [4.78, 5) is 43.3. The summed E-state index contributed by atoms with van der Waals surface area (Å²) in [5.41, 5.74) is 0.458. The predicted molar refractivity (Wildman–Crippen MR) is 112 cm³/mol. The van der Waals surface area contributed by atoms with Crippen LogP contribution in [-0.4, -0.2) is 54.6 Å². The summed E-state index contributed by atoms with van der Waals surface area (Å²) >= 11 is 5.88. The van der Waals surface area contributed by atoms with Crippen molar-refractivity contribution in [1.82, 2.24) is 19.7 Å². The maximum absolute atomic E-state index is 13.2. The van der Waals surface area contributed by atoms with Gasteiger partial charge in [0.25, 0.3) is 0 Å². The van der Waals surface area contributed by atoms with E-state index in [0.29, 0.717) is 29.1 Å². The monoisotopic (exact) mass is 439 g/mol. The van der Waals surface area contributed by atoms with Gasteiger partial charge in [0.15, 0.2) is 5.69 Å². The number of carbonyl (C=O) groups is 3. The average molecular weight is 440 g/mol. The molecule has 0 unspecified atom stereocenters. The van der Waals surface area contributed by atoms with Gasteiger partial charge in [-0.2, -0.15) is 5.10 Å². The number of carboxylic acids is 1. The molecule has 1 aromatic carbocycles. The molecule has 2 N–H and O–H groups in total. The van der Waals surface area contributed by atoms with E-state index in [1.54, 1.807) is 47.4 Å². The number of amides is 2. The Morgan fingerprint density at radius 2 is 1.94 bits per heavy atom. The van der Waals surface area contributed by atoms with Crippen LogP contribution in [0.3, 0.4) is 0 Å². The Kier molecular flexibility index (Phi) is 4.62. The second kappa shape index (κ2) is 7.35. The lowest BCUT2D eigenvalue weighted by molar-refractivity contribution is -0.138. The number of hydrogen-bond donors (Lipinski definition) is 2. The van der Waals surface area contributed by atoms with E-state index < -0.39 is 12.0 Å². The highest BCUT2D eigenvalue weighted by molar-refractivity contribution is 6.29. The zero-order valence-corrected chi connectivity index (χ0v) is 17.0. The number of pyridine rings is 1. The number of likely N-dealkylation sites (tertiary alicyclic amines) is 1. The van der Waals surface area contributed by atoms with Crippen molar-refractivity contribution in [2.75, 3.05) is 5.32 Å². The number of aromatic carboxylic acids is 1. The van der Waals surface area contributed by atoms with Crippen molar-refractivity contribution >= 4 is 46.1 Å². The van der Waals surface area contributed by atoms with Crippen LogP contribution < -0.4 is 5.32 Å². The zero-order valence-electron chi connectivity index (χ0n) is 16.2. The molecule has 1 aliphatic heterocycles. The van der Waals surface area contributed by atoms with Crippen LogP contribution in [0, 0.1) is 5.92 Å². The Morgan fingerprint density at radius 1 is 1.13 bits per heavy atom. The SMILES string of the molecule is O=C(O)c1nn(CC(=O)N2[C@@H]3C[C@@H]3C[C@H]2C(=O)Nc2cccc(Cl)n2)c2ccccc12. The smallest absolute Gasteiger partial charge is 0.357 e. The number of carbonyl (C=O) groups excluding carboxylic acids is 2. The van der Waals surface area contributed by atoms with Gasteiger partial charge in [-0.1, -0.05) is 35.9 Å². The minimum Gasteiger partial charge on any atom is -0.476 e. The van der Waals surface area contributed by atoms with Gasteiger partial charge in [-0.25, -0.2) is 9.78 Å². The van der Waals surface area contributed by atoms with Crippen LogP contribution in [0.4, 0.5) is 5.82 Å². The van der Waals surface area contributed by atoms with Gasteiger partial charge in [-0.3, -0.25) is 14.3 Å². The number of aromatic nitrogens is 3. The zero-order chi connectivity index (χ0) is 21.7. The van der Waals surface area contributed by atoms with Gasteiger partial charge in [0.1, 0.15) is 23.6 Å². The number of nitrogens with zero attached hydrogens (tertiary/aromatic N) is 4. The van der Waals surface area contributed by atoms with Crippen LogP contribution in [0.2, 0.25) is 5.15 Å². The van der Waals surface area contributed by atoms with E-state index in [4.69, 9.17) is 11.6 Å². The molecule has 1 aliphatic carbocycles. The van der Waals surface area contributed by atoms with E-state index in [1.807, 2.05) is 0 Å². The highest BCUT2D eigenvalue weighted by Gasteiger charge is 2.56. The first kappa shape index (κ1) is 19.5. The molecular formula is C21H18ClN5O4. The molecule has 3 heterocycles. The maximum Gasteiger partial charge on any atom is 0.357 e. The lowest BCUT2D eigenvalue weighted by Gasteiger charge is -2.26. The first-order chi connectivity index (χ1) is 14.9. The number of benzene rings is 1. The fourth-order valence-electron chi connectivity index (χ4n) is 4.35. The summed E-state index contributed by atoms with van der Waals surface area (Å²) in [6.07, 6.45) is 1.45. The predicted octanol–water partition coefficient (Wildman–Crippen LogP) is 2.41. The average Bonchev–Trinajstić information content (AvgIpc) is 3.24. The molecule has 2 amide bonds. The van der Waals surface area contributed by atoms with Crippen LogP contribution in [0.25, 0.3) is 10.9 Å². The molecule has 158 valence electrons. The van der Waals surface area contributed by atoms with Crippen molar-refractivity contribution in [2.45, 2.75) is 31.5 Å². The van der Waals surface area contributed by atoms with Gasteiger partial charge in [0, 0.05) is 11.4 Å². The summed E-state index contributed by atoms with van der Waals surface area (Å²) in [6, 6.07) is 11.2. The maximum atomic E-state index is 13.2. The van der Waals surface area contributed by atoms with Crippen molar-refractivity contribution in [3.63, 3.8) is 0 Å². The minimum absolute atomic E-state index is 0.0244. The molecule has 2 aromatic heterocycles. The van der Waals surface area contributed by atoms with E-state index in [9.17, 15) is 19.5 Å². The third-order valence-electron chi connectivity index (χ3n) is 5.81. The molecule has 10 heteroatoms. The van der Waals surface area contributed by atoms with E-state index in [-0.39, 0.29) is 35.2 Å². The molecule has 1 saturated carbocycles. The first-order valence-electron chi connectivity index (χ1n) is 9.86. The summed E-state index contributed by atoms with van der Waals surface area (Å²) in [5, 5.41) is 17.0. The summed E-state index contributed by atoms with van der Waals surface area (Å²) in [7, 11) is 0. The number of piperidine rings is 1. The lowest BCUT2D eigenvalue weighted by Crippen LogP contribution is -2.46. The molecule has 9 nitrogen and oxygen atoms in total. The number of rotatable bonds is 5. The normalized spacial score (nSPS) is 21.7. The minimum atomic E-state index is -1.16. The molecule has 1 saturated heterocycles. The van der Waals surface area contributed by atoms with Crippen LogP contribution in [0.15, 0.2) is 42.5 Å². The van der Waals surface area contributed by atoms with Gasteiger partial charge in [0.2, 0.25) is 11.8 Å². The van der Waals surface area contributed by atoms with Crippen molar-refractivity contribution < 1.29 is 19.5 Å². The van der Waals surface area contributed by atoms with Crippen LogP contribution in [0.1, 0.15) is 23.3 Å². The number of fused-ring (bicyclic) bond motifs is 2. The van der Waals surface area contributed by atoms with Gasteiger partial charge < -0.3 is 15.3 Å². The molecule has 0 bridgehead atoms. The molecule has 31 heavy (non-hydrogen) atoms. The fraction of sp³-hybridized carbons (Fsp3) is 0.286. The van der Waals surface area contributed by atoms with Crippen LogP contribution in [0.5, 0.6) is 0 Å². The Bertz CT molecular complexity index is 1230.